The van der Waals surface area contributed by atoms with Crippen LogP contribution in [0.2, 0.25) is 5.02 Å². The quantitative estimate of drug-likeness (QED) is 0.422. The fourth-order valence-corrected chi connectivity index (χ4v) is 2.50. The van der Waals surface area contributed by atoms with E-state index in [1.165, 1.54) is 0 Å². The lowest BCUT2D eigenvalue weighted by atomic mass is 10.1. The maximum absolute atomic E-state index is 12.5. The number of hydrazine groups is 1. The van der Waals surface area contributed by atoms with Crippen LogP contribution >= 0.6 is 23.8 Å². The van der Waals surface area contributed by atoms with Crippen molar-refractivity contribution in [2.24, 2.45) is 5.92 Å². The van der Waals surface area contributed by atoms with Gasteiger partial charge in [0.2, 0.25) is 0 Å². The van der Waals surface area contributed by atoms with Crippen LogP contribution in [0.4, 0.5) is 0 Å². The van der Waals surface area contributed by atoms with Gasteiger partial charge in [0.05, 0.1) is 12.2 Å². The smallest absolute Gasteiger partial charge is 0.276 e. The van der Waals surface area contributed by atoms with Crippen molar-refractivity contribution < 1.29 is 19.1 Å². The Morgan fingerprint density at radius 2 is 1.73 bits per heavy atom. The van der Waals surface area contributed by atoms with Crippen molar-refractivity contribution in [3.63, 3.8) is 0 Å². The molecule has 0 spiro atoms. The largest absolute Gasteiger partial charge is 0.493 e. The molecule has 0 saturated carbocycles. The molecule has 0 radical (unpaired) electrons. The summed E-state index contributed by atoms with van der Waals surface area (Å²) in [5.41, 5.74) is 5.17. The molecular formula is C21H24ClN3O4S. The topological polar surface area (TPSA) is 88.7 Å². The SMILES string of the molecule is CC(C)CCOc1ccccc1C(=O)NC(=S)NNC(=O)COc1ccc(Cl)cc1. The van der Waals surface area contributed by atoms with E-state index in [0.717, 1.165) is 6.42 Å². The standard InChI is InChI=1S/C21H24ClN3O4S/c1-14(2)11-12-28-18-6-4-3-5-17(18)20(27)23-21(30)25-24-19(26)13-29-16-9-7-15(22)8-10-16/h3-10,14H,11-13H2,1-2H3,(H,24,26)(H2,23,25,27,30). The van der Waals surface area contributed by atoms with E-state index in [1.54, 1.807) is 48.5 Å². The average Bonchev–Trinajstić information content (AvgIpc) is 2.72. The first-order valence-electron chi connectivity index (χ1n) is 9.35. The van der Waals surface area contributed by atoms with Gasteiger partial charge in [0, 0.05) is 5.02 Å². The third kappa shape index (κ3) is 8.26. The van der Waals surface area contributed by atoms with Gasteiger partial charge in [-0.1, -0.05) is 37.6 Å². The van der Waals surface area contributed by atoms with E-state index in [0.29, 0.717) is 34.6 Å². The van der Waals surface area contributed by atoms with Crippen LogP contribution in [0.5, 0.6) is 11.5 Å². The molecule has 3 N–H and O–H groups in total. The van der Waals surface area contributed by atoms with Crippen LogP contribution in [-0.2, 0) is 4.79 Å². The molecule has 0 aromatic heterocycles. The van der Waals surface area contributed by atoms with Gasteiger partial charge in [-0.3, -0.25) is 25.8 Å². The van der Waals surface area contributed by atoms with Crippen molar-refractivity contribution in [1.29, 1.82) is 0 Å². The van der Waals surface area contributed by atoms with Crippen LogP contribution in [0, 0.1) is 5.92 Å². The number of benzene rings is 2. The summed E-state index contributed by atoms with van der Waals surface area (Å²) < 4.78 is 11.0. The summed E-state index contributed by atoms with van der Waals surface area (Å²) in [6, 6.07) is 13.5. The predicted octanol–water partition coefficient (Wildman–Crippen LogP) is 3.48. The van der Waals surface area contributed by atoms with Crippen molar-refractivity contribution >= 4 is 40.7 Å². The minimum Gasteiger partial charge on any atom is -0.493 e. The molecule has 0 atom stereocenters. The molecule has 0 aliphatic heterocycles. The molecule has 30 heavy (non-hydrogen) atoms. The number of rotatable bonds is 8. The second-order valence-electron chi connectivity index (χ2n) is 6.73. The molecule has 0 bridgehead atoms. The fourth-order valence-electron chi connectivity index (χ4n) is 2.23. The van der Waals surface area contributed by atoms with E-state index in [1.807, 2.05) is 0 Å². The van der Waals surface area contributed by atoms with Crippen molar-refractivity contribution in [2.45, 2.75) is 20.3 Å². The second kappa shape index (κ2) is 12.0. The monoisotopic (exact) mass is 449 g/mol. The van der Waals surface area contributed by atoms with Crippen LogP contribution < -0.4 is 25.6 Å². The van der Waals surface area contributed by atoms with Gasteiger partial charge in [-0.25, -0.2) is 0 Å². The Morgan fingerprint density at radius 1 is 1.03 bits per heavy atom. The predicted molar refractivity (Wildman–Crippen MR) is 120 cm³/mol. The summed E-state index contributed by atoms with van der Waals surface area (Å²) in [6.07, 6.45) is 0.875. The summed E-state index contributed by atoms with van der Waals surface area (Å²) >= 11 is 10.8. The van der Waals surface area contributed by atoms with E-state index < -0.39 is 11.8 Å². The first kappa shape index (κ1) is 23.4. The lowest BCUT2D eigenvalue weighted by Gasteiger charge is -2.14. The number of thiocarbonyl (C=S) groups is 1. The summed E-state index contributed by atoms with van der Waals surface area (Å²) in [5.74, 6) is 0.548. The zero-order chi connectivity index (χ0) is 21.9. The first-order chi connectivity index (χ1) is 14.3. The van der Waals surface area contributed by atoms with Gasteiger partial charge in [-0.15, -0.1) is 0 Å². The van der Waals surface area contributed by atoms with Gasteiger partial charge in [-0.05, 0) is 61.0 Å². The number of hydrogen-bond donors (Lipinski definition) is 3. The highest BCUT2D eigenvalue weighted by atomic mass is 35.5. The van der Waals surface area contributed by atoms with Gasteiger partial charge in [-0.2, -0.15) is 0 Å². The number of amides is 2. The number of carbonyl (C=O) groups is 2. The molecule has 9 heteroatoms. The normalized spacial score (nSPS) is 10.3. The highest BCUT2D eigenvalue weighted by Crippen LogP contribution is 2.18. The van der Waals surface area contributed by atoms with Crippen LogP contribution in [-0.4, -0.2) is 30.1 Å². The molecule has 2 rings (SSSR count). The minimum absolute atomic E-state index is 0.0585. The fraction of sp³-hybridized carbons (Fsp3) is 0.286. The number of nitrogens with one attached hydrogen (secondary N) is 3. The van der Waals surface area contributed by atoms with E-state index in [-0.39, 0.29) is 11.7 Å². The van der Waals surface area contributed by atoms with Gasteiger partial charge < -0.3 is 9.47 Å². The van der Waals surface area contributed by atoms with Crippen LogP contribution in [0.25, 0.3) is 0 Å². The highest BCUT2D eigenvalue weighted by molar-refractivity contribution is 7.80. The van der Waals surface area contributed by atoms with Gasteiger partial charge in [0.15, 0.2) is 11.7 Å². The number of hydrogen-bond acceptors (Lipinski definition) is 5. The number of carbonyl (C=O) groups excluding carboxylic acids is 2. The maximum atomic E-state index is 12.5. The minimum atomic E-state index is -0.473. The Labute approximate surface area is 186 Å². The number of para-hydroxylation sites is 1. The molecule has 2 amide bonds. The Hall–Kier alpha value is -2.84. The van der Waals surface area contributed by atoms with E-state index in [4.69, 9.17) is 33.3 Å². The summed E-state index contributed by atoms with van der Waals surface area (Å²) in [6.45, 7) is 4.47. The van der Waals surface area contributed by atoms with Crippen molar-refractivity contribution in [3.8, 4) is 11.5 Å². The Morgan fingerprint density at radius 3 is 2.43 bits per heavy atom. The molecule has 2 aromatic carbocycles. The summed E-state index contributed by atoms with van der Waals surface area (Å²) in [7, 11) is 0. The van der Waals surface area contributed by atoms with Gasteiger partial charge >= 0.3 is 0 Å². The third-order valence-electron chi connectivity index (χ3n) is 3.81. The molecule has 0 fully saturated rings. The Kier molecular flexibility index (Phi) is 9.37. The van der Waals surface area contributed by atoms with Gasteiger partial charge in [0.25, 0.3) is 11.8 Å². The van der Waals surface area contributed by atoms with Crippen LogP contribution in [0.15, 0.2) is 48.5 Å². The van der Waals surface area contributed by atoms with Crippen molar-refractivity contribution in [1.82, 2.24) is 16.2 Å². The van der Waals surface area contributed by atoms with Crippen molar-refractivity contribution in [2.75, 3.05) is 13.2 Å². The second-order valence-corrected chi connectivity index (χ2v) is 7.57. The molecule has 0 aliphatic carbocycles. The molecule has 0 heterocycles. The molecule has 160 valence electrons. The van der Waals surface area contributed by atoms with E-state index in [2.05, 4.69) is 30.0 Å². The lowest BCUT2D eigenvalue weighted by Crippen LogP contribution is -2.49. The lowest BCUT2D eigenvalue weighted by molar-refractivity contribution is -0.123. The molecule has 0 aliphatic rings. The van der Waals surface area contributed by atoms with Crippen LogP contribution in [0.1, 0.15) is 30.6 Å². The van der Waals surface area contributed by atoms with E-state index >= 15 is 0 Å². The van der Waals surface area contributed by atoms with Gasteiger partial charge in [0.1, 0.15) is 11.5 Å². The highest BCUT2D eigenvalue weighted by Gasteiger charge is 2.14. The summed E-state index contributed by atoms with van der Waals surface area (Å²) in [4.78, 5) is 24.3. The van der Waals surface area contributed by atoms with E-state index in [9.17, 15) is 9.59 Å². The zero-order valence-corrected chi connectivity index (χ0v) is 18.3. The number of halogens is 1. The maximum Gasteiger partial charge on any atom is 0.276 e. The Bertz CT molecular complexity index is 875. The molecule has 0 unspecified atom stereocenters. The number of ether oxygens (including phenoxy) is 2. The molecule has 0 saturated heterocycles. The first-order valence-corrected chi connectivity index (χ1v) is 10.1. The third-order valence-corrected chi connectivity index (χ3v) is 4.27. The molecular weight excluding hydrogens is 426 g/mol. The summed E-state index contributed by atoms with van der Waals surface area (Å²) in [5, 5.41) is 3.01. The molecule has 7 nitrogen and oxygen atoms in total. The zero-order valence-electron chi connectivity index (χ0n) is 16.7. The average molecular weight is 450 g/mol. The van der Waals surface area contributed by atoms with Crippen molar-refractivity contribution in [3.05, 3.63) is 59.1 Å². The molecule has 2 aromatic rings. The Balaban J connectivity index is 1.78. The van der Waals surface area contributed by atoms with Crippen LogP contribution in [0.3, 0.4) is 0 Å².